The van der Waals surface area contributed by atoms with Crippen molar-refractivity contribution < 1.29 is 4.79 Å². The third-order valence-electron chi connectivity index (χ3n) is 4.30. The van der Waals surface area contributed by atoms with Crippen LogP contribution in [-0.2, 0) is 5.41 Å². The first kappa shape index (κ1) is 15.6. The summed E-state index contributed by atoms with van der Waals surface area (Å²) in [6.07, 6.45) is 1.10. The second-order valence-electron chi connectivity index (χ2n) is 6.81. The number of halogens is 1. The fraction of sp³-hybridized carbons (Fsp3) is 0.588. The Labute approximate surface area is 130 Å². The van der Waals surface area contributed by atoms with E-state index in [2.05, 4.69) is 55.8 Å². The number of alkyl halides is 1. The van der Waals surface area contributed by atoms with Gasteiger partial charge in [-0.2, -0.15) is 0 Å². The van der Waals surface area contributed by atoms with Crippen LogP contribution in [0.2, 0.25) is 0 Å². The summed E-state index contributed by atoms with van der Waals surface area (Å²) < 4.78 is 0. The standard InChI is InChI=1S/C17H24BrNO/c1-12-9-10-19(15(12)11-18)16(20)13-5-7-14(8-6-13)17(2,3)4/h5-8,12,15H,9-11H2,1-4H3. The fourth-order valence-electron chi connectivity index (χ4n) is 2.77. The molecule has 0 saturated carbocycles. The predicted octanol–water partition coefficient (Wildman–Crippen LogP) is 4.23. The first-order valence-electron chi connectivity index (χ1n) is 7.32. The molecule has 0 aliphatic carbocycles. The van der Waals surface area contributed by atoms with Gasteiger partial charge in [0.1, 0.15) is 0 Å². The molecular weight excluding hydrogens is 314 g/mol. The highest BCUT2D eigenvalue weighted by Crippen LogP contribution is 2.28. The van der Waals surface area contributed by atoms with Crippen LogP contribution in [-0.4, -0.2) is 28.7 Å². The minimum Gasteiger partial charge on any atom is -0.335 e. The van der Waals surface area contributed by atoms with Crippen molar-refractivity contribution in [2.45, 2.75) is 45.6 Å². The highest BCUT2D eigenvalue weighted by Gasteiger charge is 2.33. The zero-order chi connectivity index (χ0) is 14.9. The maximum atomic E-state index is 12.6. The fourth-order valence-corrected chi connectivity index (χ4v) is 3.76. The van der Waals surface area contributed by atoms with Crippen molar-refractivity contribution in [2.75, 3.05) is 11.9 Å². The number of carbonyl (C=O) groups excluding carboxylic acids is 1. The van der Waals surface area contributed by atoms with Gasteiger partial charge in [-0.1, -0.05) is 55.8 Å². The summed E-state index contributed by atoms with van der Waals surface area (Å²) in [5, 5.41) is 0.861. The van der Waals surface area contributed by atoms with Crippen LogP contribution in [0.15, 0.2) is 24.3 Å². The van der Waals surface area contributed by atoms with Gasteiger partial charge in [-0.15, -0.1) is 0 Å². The number of hydrogen-bond donors (Lipinski definition) is 0. The smallest absolute Gasteiger partial charge is 0.254 e. The molecule has 1 amide bonds. The number of rotatable bonds is 2. The molecule has 1 aromatic carbocycles. The van der Waals surface area contributed by atoms with Gasteiger partial charge < -0.3 is 4.90 Å². The van der Waals surface area contributed by atoms with Gasteiger partial charge in [0, 0.05) is 23.5 Å². The molecule has 0 N–H and O–H groups in total. The Morgan fingerprint density at radius 1 is 1.30 bits per heavy atom. The van der Waals surface area contributed by atoms with Gasteiger partial charge in [-0.05, 0) is 35.4 Å². The Hall–Kier alpha value is -0.830. The van der Waals surface area contributed by atoms with Crippen molar-refractivity contribution in [2.24, 2.45) is 5.92 Å². The van der Waals surface area contributed by atoms with Gasteiger partial charge in [0.15, 0.2) is 0 Å². The SMILES string of the molecule is CC1CCN(C(=O)c2ccc(C(C)(C)C)cc2)C1CBr. The first-order valence-corrected chi connectivity index (χ1v) is 8.44. The van der Waals surface area contributed by atoms with Crippen LogP contribution in [0.25, 0.3) is 0 Å². The topological polar surface area (TPSA) is 20.3 Å². The van der Waals surface area contributed by atoms with Gasteiger partial charge in [-0.3, -0.25) is 4.79 Å². The van der Waals surface area contributed by atoms with E-state index in [0.29, 0.717) is 12.0 Å². The Morgan fingerprint density at radius 3 is 2.40 bits per heavy atom. The zero-order valence-electron chi connectivity index (χ0n) is 12.8. The van der Waals surface area contributed by atoms with Gasteiger partial charge >= 0.3 is 0 Å². The summed E-state index contributed by atoms with van der Waals surface area (Å²) >= 11 is 3.54. The first-order chi connectivity index (χ1) is 9.34. The van der Waals surface area contributed by atoms with Crippen LogP contribution in [0.5, 0.6) is 0 Å². The van der Waals surface area contributed by atoms with E-state index in [1.54, 1.807) is 0 Å². The highest BCUT2D eigenvalue weighted by molar-refractivity contribution is 9.09. The van der Waals surface area contributed by atoms with E-state index in [0.717, 1.165) is 23.9 Å². The maximum Gasteiger partial charge on any atom is 0.254 e. The quantitative estimate of drug-likeness (QED) is 0.739. The van der Waals surface area contributed by atoms with Gasteiger partial charge in [0.05, 0.1) is 0 Å². The summed E-state index contributed by atoms with van der Waals surface area (Å²) in [6.45, 7) is 9.66. The van der Waals surface area contributed by atoms with Crippen LogP contribution < -0.4 is 0 Å². The van der Waals surface area contributed by atoms with Crippen molar-refractivity contribution in [1.82, 2.24) is 4.90 Å². The summed E-state index contributed by atoms with van der Waals surface area (Å²) in [5.74, 6) is 0.742. The third-order valence-corrected chi connectivity index (χ3v) is 4.96. The molecule has 2 rings (SSSR count). The van der Waals surface area contributed by atoms with Gasteiger partial charge in [-0.25, -0.2) is 0 Å². The monoisotopic (exact) mass is 337 g/mol. The molecule has 0 radical (unpaired) electrons. The van der Waals surface area contributed by atoms with Crippen LogP contribution in [0, 0.1) is 5.92 Å². The lowest BCUT2D eigenvalue weighted by Gasteiger charge is -2.26. The van der Waals surface area contributed by atoms with Crippen LogP contribution in [0.1, 0.15) is 50.0 Å². The van der Waals surface area contributed by atoms with E-state index in [1.165, 1.54) is 5.56 Å². The molecular formula is C17H24BrNO. The number of carbonyl (C=O) groups is 1. The Kier molecular flexibility index (Phi) is 4.58. The molecule has 0 bridgehead atoms. The number of hydrogen-bond acceptors (Lipinski definition) is 1. The van der Waals surface area contributed by atoms with E-state index in [4.69, 9.17) is 0 Å². The summed E-state index contributed by atoms with van der Waals surface area (Å²) in [5.41, 5.74) is 2.20. The third kappa shape index (κ3) is 3.08. The molecule has 1 aliphatic rings. The minimum absolute atomic E-state index is 0.127. The van der Waals surface area contributed by atoms with Gasteiger partial charge in [0.25, 0.3) is 5.91 Å². The number of nitrogens with zero attached hydrogens (tertiary/aromatic N) is 1. The Balaban J connectivity index is 2.18. The lowest BCUT2D eigenvalue weighted by atomic mass is 9.86. The molecule has 110 valence electrons. The molecule has 2 nitrogen and oxygen atoms in total. The number of amides is 1. The van der Waals surface area contributed by atoms with Crippen molar-refractivity contribution in [3.63, 3.8) is 0 Å². The number of benzene rings is 1. The summed E-state index contributed by atoms with van der Waals surface area (Å²) in [7, 11) is 0. The predicted molar refractivity (Wildman–Crippen MR) is 87.5 cm³/mol. The van der Waals surface area contributed by atoms with E-state index in [-0.39, 0.29) is 11.3 Å². The van der Waals surface area contributed by atoms with E-state index < -0.39 is 0 Å². The summed E-state index contributed by atoms with van der Waals surface area (Å²) in [6, 6.07) is 8.42. The second-order valence-corrected chi connectivity index (χ2v) is 7.46. The molecule has 3 heteroatoms. The normalized spacial score (nSPS) is 23.1. The average Bonchev–Trinajstić information content (AvgIpc) is 2.78. The van der Waals surface area contributed by atoms with Crippen molar-refractivity contribution in [3.05, 3.63) is 35.4 Å². The molecule has 1 aliphatic heterocycles. The number of likely N-dealkylation sites (tertiary alicyclic amines) is 1. The lowest BCUT2D eigenvalue weighted by molar-refractivity contribution is 0.0738. The highest BCUT2D eigenvalue weighted by atomic mass is 79.9. The zero-order valence-corrected chi connectivity index (χ0v) is 14.4. The van der Waals surface area contributed by atoms with Crippen molar-refractivity contribution >= 4 is 21.8 Å². The van der Waals surface area contributed by atoms with Crippen molar-refractivity contribution in [1.29, 1.82) is 0 Å². The minimum atomic E-state index is 0.127. The second kappa shape index (κ2) is 5.88. The Morgan fingerprint density at radius 2 is 1.90 bits per heavy atom. The molecule has 1 saturated heterocycles. The Bertz CT molecular complexity index is 475. The van der Waals surface area contributed by atoms with Crippen LogP contribution >= 0.6 is 15.9 Å². The van der Waals surface area contributed by atoms with E-state index in [1.807, 2.05) is 17.0 Å². The molecule has 2 atom stereocenters. The maximum absolute atomic E-state index is 12.6. The largest absolute Gasteiger partial charge is 0.335 e. The van der Waals surface area contributed by atoms with Crippen molar-refractivity contribution in [3.8, 4) is 0 Å². The molecule has 20 heavy (non-hydrogen) atoms. The van der Waals surface area contributed by atoms with Crippen LogP contribution in [0.4, 0.5) is 0 Å². The van der Waals surface area contributed by atoms with Crippen LogP contribution in [0.3, 0.4) is 0 Å². The molecule has 1 fully saturated rings. The average molecular weight is 338 g/mol. The van der Waals surface area contributed by atoms with E-state index >= 15 is 0 Å². The molecule has 0 spiro atoms. The molecule has 1 aromatic rings. The van der Waals surface area contributed by atoms with Gasteiger partial charge in [0.2, 0.25) is 0 Å². The molecule has 0 aromatic heterocycles. The lowest BCUT2D eigenvalue weighted by Crippen LogP contribution is -2.38. The molecule has 2 unspecified atom stereocenters. The summed E-state index contributed by atoms with van der Waals surface area (Å²) in [4.78, 5) is 14.6. The van der Waals surface area contributed by atoms with E-state index in [9.17, 15) is 4.79 Å². The molecule has 1 heterocycles.